The summed E-state index contributed by atoms with van der Waals surface area (Å²) < 4.78 is 5.95. The number of hydrogen-bond donors (Lipinski definition) is 0. The largest absolute Gasteiger partial charge is 0.459 e. The lowest BCUT2D eigenvalue weighted by Gasteiger charge is -2.56. The second-order valence-corrected chi connectivity index (χ2v) is 10.1. The molecule has 0 amide bonds. The van der Waals surface area contributed by atoms with Crippen LogP contribution in [0.2, 0.25) is 0 Å². The van der Waals surface area contributed by atoms with E-state index in [0.29, 0.717) is 0 Å². The Morgan fingerprint density at radius 3 is 2.06 bits per heavy atom. The Bertz CT molecular complexity index is 1150. The summed E-state index contributed by atoms with van der Waals surface area (Å²) in [6, 6.07) is 27.5. The molecule has 0 saturated carbocycles. The van der Waals surface area contributed by atoms with E-state index in [4.69, 9.17) is 4.74 Å². The predicted molar refractivity (Wildman–Crippen MR) is 133 cm³/mol. The summed E-state index contributed by atoms with van der Waals surface area (Å²) in [5, 5.41) is 0. The van der Waals surface area contributed by atoms with Crippen LogP contribution in [0.5, 0.6) is 0 Å². The van der Waals surface area contributed by atoms with Crippen molar-refractivity contribution in [3.05, 3.63) is 108 Å². The van der Waals surface area contributed by atoms with Gasteiger partial charge in [0.15, 0.2) is 0 Å². The van der Waals surface area contributed by atoms with Crippen molar-refractivity contribution in [3.63, 3.8) is 0 Å². The SMILES string of the molecule is C=CC[C@H]1CN(C2(c3ccccc3)c3ccccc3-c3ccccc32)C1C(=O)OC(C)(C)C. The summed E-state index contributed by atoms with van der Waals surface area (Å²) in [5.74, 6) is 0.0237. The summed E-state index contributed by atoms with van der Waals surface area (Å²) in [6.07, 6.45) is 2.71. The Hall–Kier alpha value is -3.17. The number of hydrogen-bond acceptors (Lipinski definition) is 3. The number of nitrogens with zero attached hydrogens (tertiary/aromatic N) is 1. The van der Waals surface area contributed by atoms with Crippen molar-refractivity contribution in [2.45, 2.75) is 44.4 Å². The van der Waals surface area contributed by atoms with E-state index < -0.39 is 11.1 Å². The second kappa shape index (κ2) is 8.00. The molecule has 2 atom stereocenters. The number of benzene rings is 3. The third kappa shape index (κ3) is 3.34. The minimum absolute atomic E-state index is 0.155. The molecule has 0 spiro atoms. The van der Waals surface area contributed by atoms with E-state index >= 15 is 0 Å². The van der Waals surface area contributed by atoms with Crippen LogP contribution in [0.15, 0.2) is 91.5 Å². The summed E-state index contributed by atoms with van der Waals surface area (Å²) in [5.41, 5.74) is 4.99. The average molecular weight is 438 g/mol. The molecule has 2 aliphatic rings. The van der Waals surface area contributed by atoms with Gasteiger partial charge in [0.1, 0.15) is 11.6 Å². The van der Waals surface area contributed by atoms with Gasteiger partial charge in [-0.3, -0.25) is 9.69 Å². The Kier molecular flexibility index (Phi) is 5.25. The van der Waals surface area contributed by atoms with Gasteiger partial charge in [-0.05, 0) is 55.0 Å². The van der Waals surface area contributed by atoms with E-state index in [9.17, 15) is 4.79 Å². The van der Waals surface area contributed by atoms with Crippen LogP contribution in [-0.4, -0.2) is 29.1 Å². The maximum Gasteiger partial charge on any atom is 0.324 e. The quantitative estimate of drug-likeness (QED) is 0.353. The number of carbonyl (C=O) groups excluding carboxylic acids is 1. The molecule has 1 fully saturated rings. The standard InChI is InChI=1S/C30H31NO2/c1-5-13-21-20-31(27(21)28(32)33-29(2,3)4)30(22-14-7-6-8-15-22)25-18-11-9-16-23(25)24-17-10-12-19-26(24)30/h5-12,14-19,21,27H,1,13,20H2,2-4H3/t21-,27?/m0/s1. The molecule has 0 aromatic heterocycles. The summed E-state index contributed by atoms with van der Waals surface area (Å²) in [6.45, 7) is 10.6. The maximum absolute atomic E-state index is 13.6. The lowest BCUT2D eigenvalue weighted by atomic mass is 9.72. The zero-order valence-corrected chi connectivity index (χ0v) is 19.6. The van der Waals surface area contributed by atoms with Crippen LogP contribution in [0.1, 0.15) is 43.9 Å². The van der Waals surface area contributed by atoms with Gasteiger partial charge in [-0.1, -0.05) is 84.9 Å². The molecule has 0 bridgehead atoms. The number of fused-ring (bicyclic) bond motifs is 3. The minimum atomic E-state index is -0.548. The van der Waals surface area contributed by atoms with Crippen molar-refractivity contribution >= 4 is 5.97 Å². The van der Waals surface area contributed by atoms with Crippen molar-refractivity contribution in [2.24, 2.45) is 5.92 Å². The van der Waals surface area contributed by atoms with Crippen LogP contribution in [0, 0.1) is 5.92 Å². The third-order valence-corrected chi connectivity index (χ3v) is 6.88. The van der Waals surface area contributed by atoms with Gasteiger partial charge < -0.3 is 4.74 Å². The third-order valence-electron chi connectivity index (χ3n) is 6.88. The van der Waals surface area contributed by atoms with Gasteiger partial charge in [0.05, 0.1) is 5.54 Å². The molecule has 1 aliphatic heterocycles. The van der Waals surface area contributed by atoms with E-state index in [1.165, 1.54) is 27.8 Å². The number of likely N-dealkylation sites (tertiary alicyclic amines) is 1. The Labute approximate surface area is 196 Å². The second-order valence-electron chi connectivity index (χ2n) is 10.1. The molecule has 3 aromatic carbocycles. The average Bonchev–Trinajstić information content (AvgIpc) is 3.07. The maximum atomic E-state index is 13.6. The highest BCUT2D eigenvalue weighted by molar-refractivity contribution is 5.85. The molecule has 5 rings (SSSR count). The van der Waals surface area contributed by atoms with E-state index in [2.05, 4.69) is 84.3 Å². The van der Waals surface area contributed by atoms with Gasteiger partial charge in [-0.15, -0.1) is 6.58 Å². The van der Waals surface area contributed by atoms with Crippen molar-refractivity contribution in [1.29, 1.82) is 0 Å². The first-order valence-corrected chi connectivity index (χ1v) is 11.7. The van der Waals surface area contributed by atoms with Crippen LogP contribution in [0.25, 0.3) is 11.1 Å². The van der Waals surface area contributed by atoms with E-state index in [1.807, 2.05) is 32.9 Å². The zero-order valence-electron chi connectivity index (χ0n) is 19.6. The Morgan fingerprint density at radius 1 is 0.970 bits per heavy atom. The highest BCUT2D eigenvalue weighted by Gasteiger charge is 2.59. The first kappa shape index (κ1) is 21.7. The van der Waals surface area contributed by atoms with Crippen LogP contribution in [0.3, 0.4) is 0 Å². The van der Waals surface area contributed by atoms with Crippen molar-refractivity contribution < 1.29 is 9.53 Å². The van der Waals surface area contributed by atoms with Gasteiger partial charge >= 0.3 is 5.97 Å². The summed E-state index contributed by atoms with van der Waals surface area (Å²) in [4.78, 5) is 16.0. The Morgan fingerprint density at radius 2 is 1.52 bits per heavy atom. The van der Waals surface area contributed by atoms with Gasteiger partial charge in [-0.2, -0.15) is 0 Å². The monoisotopic (exact) mass is 437 g/mol. The highest BCUT2D eigenvalue weighted by atomic mass is 16.6. The van der Waals surface area contributed by atoms with Crippen molar-refractivity contribution in [3.8, 4) is 11.1 Å². The minimum Gasteiger partial charge on any atom is -0.459 e. The molecule has 0 radical (unpaired) electrons. The molecule has 0 N–H and O–H groups in total. The molecular weight excluding hydrogens is 406 g/mol. The fourth-order valence-corrected chi connectivity index (χ4v) is 5.71. The van der Waals surface area contributed by atoms with E-state index in [-0.39, 0.29) is 17.9 Å². The fraction of sp³-hybridized carbons (Fsp3) is 0.300. The van der Waals surface area contributed by atoms with Crippen LogP contribution < -0.4 is 0 Å². The number of esters is 1. The number of ether oxygens (including phenoxy) is 1. The van der Waals surface area contributed by atoms with Crippen LogP contribution >= 0.6 is 0 Å². The van der Waals surface area contributed by atoms with E-state index in [1.54, 1.807) is 0 Å². The Balaban J connectivity index is 1.74. The molecule has 33 heavy (non-hydrogen) atoms. The molecule has 1 saturated heterocycles. The van der Waals surface area contributed by atoms with Gasteiger partial charge in [-0.25, -0.2) is 0 Å². The van der Waals surface area contributed by atoms with Gasteiger partial charge in [0.25, 0.3) is 0 Å². The van der Waals surface area contributed by atoms with Crippen LogP contribution in [0.4, 0.5) is 0 Å². The summed E-state index contributed by atoms with van der Waals surface area (Å²) >= 11 is 0. The summed E-state index contributed by atoms with van der Waals surface area (Å²) in [7, 11) is 0. The van der Waals surface area contributed by atoms with E-state index in [0.717, 1.165) is 13.0 Å². The smallest absolute Gasteiger partial charge is 0.324 e. The fourth-order valence-electron chi connectivity index (χ4n) is 5.71. The lowest BCUT2D eigenvalue weighted by molar-refractivity contribution is -0.176. The lowest BCUT2D eigenvalue weighted by Crippen LogP contribution is -2.68. The van der Waals surface area contributed by atoms with Gasteiger partial charge in [0, 0.05) is 12.5 Å². The van der Waals surface area contributed by atoms with Crippen molar-refractivity contribution in [2.75, 3.05) is 6.54 Å². The molecule has 3 nitrogen and oxygen atoms in total. The first-order valence-electron chi connectivity index (χ1n) is 11.7. The zero-order chi connectivity index (χ0) is 23.2. The molecule has 3 heteroatoms. The number of allylic oxidation sites excluding steroid dienone is 1. The van der Waals surface area contributed by atoms with Crippen LogP contribution in [-0.2, 0) is 15.1 Å². The number of rotatable bonds is 5. The predicted octanol–water partition coefficient (Wildman–Crippen LogP) is 6.18. The van der Waals surface area contributed by atoms with Crippen molar-refractivity contribution in [1.82, 2.24) is 4.90 Å². The molecule has 1 aliphatic carbocycles. The topological polar surface area (TPSA) is 29.5 Å². The molecule has 168 valence electrons. The molecule has 3 aromatic rings. The molecular formula is C30H31NO2. The number of carbonyl (C=O) groups is 1. The normalized spacial score (nSPS) is 20.9. The molecule has 1 unspecified atom stereocenters. The highest BCUT2D eigenvalue weighted by Crippen LogP contribution is 2.57. The molecule has 1 heterocycles. The van der Waals surface area contributed by atoms with Gasteiger partial charge in [0.2, 0.25) is 0 Å². The first-order chi connectivity index (χ1) is 15.9.